The lowest BCUT2D eigenvalue weighted by molar-refractivity contribution is 0.290. The summed E-state index contributed by atoms with van der Waals surface area (Å²) < 4.78 is 8.53. The second kappa shape index (κ2) is 7.86. The van der Waals surface area contributed by atoms with Crippen LogP contribution < -0.4 is 10.4 Å². The van der Waals surface area contributed by atoms with Crippen molar-refractivity contribution in [3.8, 4) is 22.8 Å². The largest absolute Gasteiger partial charge is 0.473 e. The van der Waals surface area contributed by atoms with Crippen molar-refractivity contribution in [2.75, 3.05) is 0 Å². The van der Waals surface area contributed by atoms with Gasteiger partial charge in [-0.1, -0.05) is 12.1 Å². The summed E-state index contributed by atoms with van der Waals surface area (Å²) in [6, 6.07) is 7.66. The molecule has 3 aromatic heterocycles. The first-order chi connectivity index (χ1) is 14.5. The Morgan fingerprint density at radius 3 is 2.60 bits per heavy atom. The Morgan fingerprint density at radius 1 is 1.07 bits per heavy atom. The van der Waals surface area contributed by atoms with Crippen LogP contribution in [0.1, 0.15) is 22.4 Å². The number of ether oxygens (including phenoxy) is 1. The molecule has 0 amide bonds. The first-order valence-electron chi connectivity index (χ1n) is 9.41. The summed E-state index contributed by atoms with van der Waals surface area (Å²) in [6.45, 7) is 6.05. The van der Waals surface area contributed by atoms with Crippen LogP contribution in [0.5, 0.6) is 5.88 Å². The molecule has 0 aliphatic heterocycles. The van der Waals surface area contributed by atoms with Crippen molar-refractivity contribution in [1.82, 2.24) is 34.7 Å². The smallest absolute Gasteiger partial charge is 0.368 e. The lowest BCUT2D eigenvalue weighted by Gasteiger charge is -2.15. The Hall–Kier alpha value is -3.88. The fourth-order valence-corrected chi connectivity index (χ4v) is 3.21. The molecule has 0 bridgehead atoms. The van der Waals surface area contributed by atoms with Gasteiger partial charge in [0.2, 0.25) is 5.88 Å². The summed E-state index contributed by atoms with van der Waals surface area (Å²) in [4.78, 5) is 25.4. The van der Waals surface area contributed by atoms with Gasteiger partial charge in [-0.05, 0) is 48.9 Å². The Balaban J connectivity index is 1.66. The summed E-state index contributed by atoms with van der Waals surface area (Å²) in [5.74, 6) is 0.529. The molecule has 0 fully saturated rings. The fraction of sp³-hybridized carbons (Fsp3) is 0.238. The zero-order valence-electron chi connectivity index (χ0n) is 17.2. The highest BCUT2D eigenvalue weighted by Gasteiger charge is 2.15. The van der Waals surface area contributed by atoms with Crippen LogP contribution >= 0.6 is 0 Å². The van der Waals surface area contributed by atoms with Crippen molar-refractivity contribution in [3.05, 3.63) is 75.7 Å². The molecule has 4 aromatic rings. The molecular formula is C21H21N7O2. The van der Waals surface area contributed by atoms with E-state index < -0.39 is 0 Å². The number of aryl methyl sites for hydroxylation is 4. The molecule has 0 aliphatic carbocycles. The molecule has 0 aliphatic rings. The second-order valence-corrected chi connectivity index (χ2v) is 6.99. The van der Waals surface area contributed by atoms with Crippen LogP contribution in [0, 0.1) is 20.8 Å². The summed E-state index contributed by atoms with van der Waals surface area (Å²) in [6.07, 6.45) is 5.00. The van der Waals surface area contributed by atoms with Gasteiger partial charge in [0.15, 0.2) is 0 Å². The second-order valence-electron chi connectivity index (χ2n) is 6.99. The third-order valence-corrected chi connectivity index (χ3v) is 4.88. The number of tetrazole rings is 1. The Bertz CT molecular complexity index is 1260. The highest BCUT2D eigenvalue weighted by atomic mass is 16.5. The number of aromatic nitrogens is 7. The van der Waals surface area contributed by atoms with E-state index >= 15 is 0 Å². The van der Waals surface area contributed by atoms with Crippen LogP contribution in [0.15, 0.2) is 47.7 Å². The Kier molecular flexibility index (Phi) is 5.09. The standard InChI is InChI=1S/C21H21N7O2/c1-13-6-5-7-19(28-21(29)27(4)25-26-28)17(13)12-30-20-14(2)10-16(15(3)24-20)18-11-22-8-9-23-18/h5-11H,12H2,1-4H3. The molecule has 1 aromatic carbocycles. The first kappa shape index (κ1) is 19.4. The molecule has 0 radical (unpaired) electrons. The number of benzene rings is 1. The van der Waals surface area contributed by atoms with Crippen molar-refractivity contribution in [1.29, 1.82) is 0 Å². The minimum atomic E-state index is -0.319. The highest BCUT2D eigenvalue weighted by molar-refractivity contribution is 5.62. The maximum absolute atomic E-state index is 12.3. The zero-order valence-corrected chi connectivity index (χ0v) is 17.2. The number of hydrogen-bond donors (Lipinski definition) is 0. The normalized spacial score (nSPS) is 10.9. The molecule has 4 rings (SSSR count). The molecule has 0 saturated carbocycles. The molecule has 30 heavy (non-hydrogen) atoms. The Morgan fingerprint density at radius 2 is 1.90 bits per heavy atom. The molecule has 0 N–H and O–H groups in total. The number of hydrogen-bond acceptors (Lipinski definition) is 7. The van der Waals surface area contributed by atoms with Crippen LogP contribution in [-0.2, 0) is 13.7 Å². The Labute approximate surface area is 173 Å². The molecular weight excluding hydrogens is 382 g/mol. The third kappa shape index (κ3) is 3.57. The third-order valence-electron chi connectivity index (χ3n) is 4.88. The number of pyridine rings is 1. The summed E-state index contributed by atoms with van der Waals surface area (Å²) in [5.41, 5.74) is 5.50. The van der Waals surface area contributed by atoms with Crippen molar-refractivity contribution in [3.63, 3.8) is 0 Å². The first-order valence-corrected chi connectivity index (χ1v) is 9.41. The average Bonchev–Trinajstić information content (AvgIpc) is 3.08. The monoisotopic (exact) mass is 403 g/mol. The summed E-state index contributed by atoms with van der Waals surface area (Å²) >= 11 is 0. The molecule has 9 nitrogen and oxygen atoms in total. The van der Waals surface area contributed by atoms with Crippen LogP contribution in [-0.4, -0.2) is 34.7 Å². The molecule has 152 valence electrons. The van der Waals surface area contributed by atoms with Gasteiger partial charge in [0.05, 0.1) is 23.3 Å². The van der Waals surface area contributed by atoms with E-state index in [4.69, 9.17) is 4.74 Å². The van der Waals surface area contributed by atoms with Crippen LogP contribution in [0.25, 0.3) is 16.9 Å². The van der Waals surface area contributed by atoms with E-state index in [0.717, 1.165) is 33.6 Å². The van der Waals surface area contributed by atoms with Gasteiger partial charge in [-0.2, -0.15) is 9.36 Å². The average molecular weight is 403 g/mol. The van der Waals surface area contributed by atoms with E-state index in [-0.39, 0.29) is 12.3 Å². The summed E-state index contributed by atoms with van der Waals surface area (Å²) in [5, 5.41) is 7.75. The van der Waals surface area contributed by atoms with Gasteiger partial charge in [-0.3, -0.25) is 9.97 Å². The molecule has 0 spiro atoms. The fourth-order valence-electron chi connectivity index (χ4n) is 3.21. The number of nitrogens with zero attached hydrogens (tertiary/aromatic N) is 7. The van der Waals surface area contributed by atoms with Gasteiger partial charge in [0.1, 0.15) is 6.61 Å². The van der Waals surface area contributed by atoms with Gasteiger partial charge in [-0.25, -0.2) is 9.78 Å². The molecule has 0 unspecified atom stereocenters. The molecule has 9 heteroatoms. The lowest BCUT2D eigenvalue weighted by atomic mass is 10.1. The topological polar surface area (TPSA) is 101 Å². The van der Waals surface area contributed by atoms with E-state index in [1.54, 1.807) is 25.6 Å². The highest BCUT2D eigenvalue weighted by Crippen LogP contribution is 2.27. The van der Waals surface area contributed by atoms with Gasteiger partial charge in [0, 0.05) is 36.1 Å². The zero-order chi connectivity index (χ0) is 21.3. The van der Waals surface area contributed by atoms with Crippen LogP contribution in [0.4, 0.5) is 0 Å². The molecule has 0 atom stereocenters. The van der Waals surface area contributed by atoms with Crippen molar-refractivity contribution < 1.29 is 4.74 Å². The molecule has 0 saturated heterocycles. The van der Waals surface area contributed by atoms with E-state index in [1.165, 1.54) is 9.36 Å². The number of rotatable bonds is 5. The SMILES string of the molecule is Cc1cc(-c2cnccn2)c(C)nc1OCc1c(C)cccc1-n1nnn(C)c1=O. The van der Waals surface area contributed by atoms with Crippen LogP contribution in [0.3, 0.4) is 0 Å². The molecule has 3 heterocycles. The quantitative estimate of drug-likeness (QED) is 0.504. The van der Waals surface area contributed by atoms with Gasteiger partial charge >= 0.3 is 5.69 Å². The van der Waals surface area contributed by atoms with Crippen molar-refractivity contribution in [2.24, 2.45) is 7.05 Å². The maximum atomic E-state index is 12.3. The minimum Gasteiger partial charge on any atom is -0.473 e. The van der Waals surface area contributed by atoms with Gasteiger partial charge in [0.25, 0.3) is 0 Å². The van der Waals surface area contributed by atoms with E-state index in [9.17, 15) is 4.79 Å². The van der Waals surface area contributed by atoms with E-state index in [1.807, 2.05) is 45.0 Å². The predicted molar refractivity (Wildman–Crippen MR) is 110 cm³/mol. The van der Waals surface area contributed by atoms with Gasteiger partial charge in [-0.15, -0.1) is 0 Å². The predicted octanol–water partition coefficient (Wildman–Crippen LogP) is 2.32. The van der Waals surface area contributed by atoms with Crippen molar-refractivity contribution >= 4 is 0 Å². The maximum Gasteiger partial charge on any atom is 0.368 e. The van der Waals surface area contributed by atoms with E-state index in [2.05, 4.69) is 25.4 Å². The van der Waals surface area contributed by atoms with Crippen LogP contribution in [0.2, 0.25) is 0 Å². The van der Waals surface area contributed by atoms with Gasteiger partial charge < -0.3 is 4.74 Å². The van der Waals surface area contributed by atoms with E-state index in [0.29, 0.717) is 11.6 Å². The lowest BCUT2D eigenvalue weighted by Crippen LogP contribution is -2.23. The summed E-state index contributed by atoms with van der Waals surface area (Å²) in [7, 11) is 1.56. The minimum absolute atomic E-state index is 0.239. The van der Waals surface area contributed by atoms with Crippen molar-refractivity contribution in [2.45, 2.75) is 27.4 Å².